The largest absolute Gasteiger partial charge is 0.0721 e. The number of rotatable bonds is 3. The van der Waals surface area contributed by atoms with E-state index in [-0.39, 0.29) is 5.41 Å². The van der Waals surface area contributed by atoms with Gasteiger partial charge in [0.1, 0.15) is 0 Å². The zero-order chi connectivity index (χ0) is 25.1. The van der Waals surface area contributed by atoms with Crippen molar-refractivity contribution in [3.63, 3.8) is 0 Å². The zero-order valence-corrected chi connectivity index (χ0v) is 21.9. The highest BCUT2D eigenvalue weighted by atomic mass is 14.5. The molecule has 0 heterocycles. The molecule has 0 nitrogen and oxygen atoms in total. The molecular formula is C37H32. The SMILES string of the molecule is CCc1cccc2c1-c1cccc(Cc3cc(C)cc(C)c3)c1C21c2ccccc2Cc2ccccc21. The molecule has 0 radical (unpaired) electrons. The van der Waals surface area contributed by atoms with Gasteiger partial charge in [0.05, 0.1) is 5.41 Å². The van der Waals surface area contributed by atoms with E-state index in [0.29, 0.717) is 0 Å². The number of aryl methyl sites for hydroxylation is 3. The molecule has 37 heavy (non-hydrogen) atoms. The van der Waals surface area contributed by atoms with Crippen LogP contribution >= 0.6 is 0 Å². The van der Waals surface area contributed by atoms with Crippen LogP contribution in [0.25, 0.3) is 11.1 Å². The van der Waals surface area contributed by atoms with E-state index in [2.05, 4.69) is 124 Å². The predicted octanol–water partition coefficient (Wildman–Crippen LogP) is 8.72. The first kappa shape index (κ1) is 22.3. The Kier molecular flexibility index (Phi) is 5.01. The first-order chi connectivity index (χ1) is 18.1. The van der Waals surface area contributed by atoms with Crippen LogP contribution in [0, 0.1) is 13.8 Å². The van der Waals surface area contributed by atoms with Gasteiger partial charge in [-0.25, -0.2) is 0 Å². The van der Waals surface area contributed by atoms with Gasteiger partial charge in [0.25, 0.3) is 0 Å². The molecule has 0 bridgehead atoms. The highest BCUT2D eigenvalue weighted by Crippen LogP contribution is 2.61. The number of hydrogen-bond acceptors (Lipinski definition) is 0. The first-order valence-electron chi connectivity index (χ1n) is 13.6. The van der Waals surface area contributed by atoms with E-state index >= 15 is 0 Å². The zero-order valence-electron chi connectivity index (χ0n) is 21.9. The van der Waals surface area contributed by atoms with Crippen LogP contribution in [0.3, 0.4) is 0 Å². The van der Waals surface area contributed by atoms with Gasteiger partial charge in [-0.3, -0.25) is 0 Å². The summed E-state index contributed by atoms with van der Waals surface area (Å²) in [5, 5.41) is 0. The Balaban J connectivity index is 1.62. The van der Waals surface area contributed by atoms with E-state index in [1.54, 1.807) is 0 Å². The van der Waals surface area contributed by atoms with Gasteiger partial charge in [0.15, 0.2) is 0 Å². The molecule has 5 aromatic rings. The molecule has 0 saturated heterocycles. The minimum absolute atomic E-state index is 0.295. The van der Waals surface area contributed by atoms with Crippen molar-refractivity contribution in [1.82, 2.24) is 0 Å². The third kappa shape index (κ3) is 3.15. The van der Waals surface area contributed by atoms with Crippen LogP contribution in [-0.4, -0.2) is 0 Å². The lowest BCUT2D eigenvalue weighted by molar-refractivity contribution is 0.713. The molecule has 2 aliphatic carbocycles. The van der Waals surface area contributed by atoms with Crippen LogP contribution < -0.4 is 0 Å². The fourth-order valence-corrected chi connectivity index (χ4v) is 7.44. The first-order valence-corrected chi connectivity index (χ1v) is 13.6. The average Bonchev–Trinajstić information content (AvgIpc) is 3.20. The molecule has 2 aliphatic rings. The third-order valence-corrected chi connectivity index (χ3v) is 8.63. The van der Waals surface area contributed by atoms with Gasteiger partial charge in [-0.2, -0.15) is 0 Å². The Hall–Kier alpha value is -3.90. The summed E-state index contributed by atoms with van der Waals surface area (Å²) in [6.07, 6.45) is 2.96. The van der Waals surface area contributed by atoms with Gasteiger partial charge >= 0.3 is 0 Å². The van der Waals surface area contributed by atoms with Crippen molar-refractivity contribution < 1.29 is 0 Å². The van der Waals surface area contributed by atoms with Crippen LogP contribution in [0.15, 0.2) is 103 Å². The van der Waals surface area contributed by atoms with Crippen LogP contribution in [0.4, 0.5) is 0 Å². The summed E-state index contributed by atoms with van der Waals surface area (Å²) in [5.74, 6) is 0. The molecule has 0 atom stereocenters. The van der Waals surface area contributed by atoms with E-state index in [9.17, 15) is 0 Å². The van der Waals surface area contributed by atoms with Crippen molar-refractivity contribution in [3.05, 3.63) is 164 Å². The van der Waals surface area contributed by atoms with Crippen molar-refractivity contribution in [1.29, 1.82) is 0 Å². The van der Waals surface area contributed by atoms with Crippen LogP contribution in [0.1, 0.15) is 68.1 Å². The Morgan fingerprint density at radius 2 is 1.22 bits per heavy atom. The van der Waals surface area contributed by atoms with Crippen LogP contribution in [-0.2, 0) is 24.7 Å². The predicted molar refractivity (Wildman–Crippen MR) is 155 cm³/mol. The van der Waals surface area contributed by atoms with Gasteiger partial charge in [-0.1, -0.05) is 121 Å². The second kappa shape index (κ2) is 8.32. The molecule has 0 amide bonds. The molecule has 0 unspecified atom stereocenters. The van der Waals surface area contributed by atoms with Crippen LogP contribution in [0.2, 0.25) is 0 Å². The molecule has 0 heteroatoms. The number of fused-ring (bicyclic) bond motifs is 9. The lowest BCUT2D eigenvalue weighted by atomic mass is 9.60. The molecule has 0 N–H and O–H groups in total. The smallest absolute Gasteiger partial charge is 0.0620 e. The van der Waals surface area contributed by atoms with Gasteiger partial charge in [0.2, 0.25) is 0 Å². The molecule has 0 aliphatic heterocycles. The monoisotopic (exact) mass is 476 g/mol. The molecule has 0 aromatic heterocycles. The highest BCUT2D eigenvalue weighted by Gasteiger charge is 2.51. The molecule has 7 rings (SSSR count). The third-order valence-electron chi connectivity index (χ3n) is 8.63. The second-order valence-corrected chi connectivity index (χ2v) is 10.9. The minimum Gasteiger partial charge on any atom is -0.0620 e. The van der Waals surface area contributed by atoms with Crippen molar-refractivity contribution in [2.45, 2.75) is 45.4 Å². The quantitative estimate of drug-likeness (QED) is 0.239. The van der Waals surface area contributed by atoms with Crippen molar-refractivity contribution in [2.75, 3.05) is 0 Å². The maximum absolute atomic E-state index is 2.41. The summed E-state index contributed by atoms with van der Waals surface area (Å²) in [7, 11) is 0. The summed E-state index contributed by atoms with van der Waals surface area (Å²) in [4.78, 5) is 0. The summed E-state index contributed by atoms with van der Waals surface area (Å²) in [6.45, 7) is 6.72. The fourth-order valence-electron chi connectivity index (χ4n) is 7.44. The van der Waals surface area contributed by atoms with E-state index in [4.69, 9.17) is 0 Å². The van der Waals surface area contributed by atoms with E-state index in [0.717, 1.165) is 19.3 Å². The Morgan fingerprint density at radius 1 is 0.622 bits per heavy atom. The summed E-state index contributed by atoms with van der Waals surface area (Å²) in [6, 6.07) is 39.5. The van der Waals surface area contributed by atoms with Gasteiger partial charge < -0.3 is 0 Å². The highest BCUT2D eigenvalue weighted by molar-refractivity contribution is 5.90. The van der Waals surface area contributed by atoms with Crippen molar-refractivity contribution in [2.24, 2.45) is 0 Å². The molecular weight excluding hydrogens is 444 g/mol. The molecule has 0 fully saturated rings. The lowest BCUT2D eigenvalue weighted by Gasteiger charge is -2.41. The van der Waals surface area contributed by atoms with E-state index < -0.39 is 0 Å². The molecule has 5 aromatic carbocycles. The Morgan fingerprint density at radius 3 is 1.89 bits per heavy atom. The van der Waals surface area contributed by atoms with Crippen molar-refractivity contribution in [3.8, 4) is 11.1 Å². The molecule has 180 valence electrons. The number of benzene rings is 5. The number of hydrogen-bond donors (Lipinski definition) is 0. The Labute approximate surface area is 220 Å². The average molecular weight is 477 g/mol. The summed E-state index contributed by atoms with van der Waals surface area (Å²) < 4.78 is 0. The topological polar surface area (TPSA) is 0 Å². The maximum Gasteiger partial charge on any atom is 0.0721 e. The fraction of sp³-hybridized carbons (Fsp3) is 0.189. The Bertz CT molecular complexity index is 1620. The molecule has 1 spiro atoms. The lowest BCUT2D eigenvalue weighted by Crippen LogP contribution is -2.35. The van der Waals surface area contributed by atoms with Gasteiger partial charge in [-0.15, -0.1) is 0 Å². The standard InChI is InChI=1S/C37H32/c1-4-27-13-10-18-34-35(27)31-15-9-14-30(22-26-20-24(2)19-25(3)21-26)36(31)37(34)32-16-7-5-11-28(32)23-29-12-6-8-17-33(29)37/h5-21H,4,22-23H2,1-3H3. The van der Waals surface area contributed by atoms with Gasteiger partial charge in [-0.05, 0) is 94.3 Å². The van der Waals surface area contributed by atoms with Gasteiger partial charge in [0, 0.05) is 0 Å². The molecule has 0 saturated carbocycles. The normalized spacial score (nSPS) is 14.1. The van der Waals surface area contributed by atoms with E-state index in [1.165, 1.54) is 72.3 Å². The van der Waals surface area contributed by atoms with E-state index in [1.807, 2.05) is 0 Å². The van der Waals surface area contributed by atoms with Crippen molar-refractivity contribution >= 4 is 0 Å². The van der Waals surface area contributed by atoms with Crippen LogP contribution in [0.5, 0.6) is 0 Å². The second-order valence-electron chi connectivity index (χ2n) is 10.9. The minimum atomic E-state index is -0.295. The summed E-state index contributed by atoms with van der Waals surface area (Å²) >= 11 is 0. The maximum atomic E-state index is 2.41. The summed E-state index contributed by atoms with van der Waals surface area (Å²) in [5.41, 5.74) is 18.3.